The van der Waals surface area contributed by atoms with Gasteiger partial charge in [0.05, 0.1) is 19.3 Å². The van der Waals surface area contributed by atoms with Crippen molar-refractivity contribution in [2.45, 2.75) is 25.9 Å². The SMILES string of the molecule is C[C@H](Cc1ccsc1)NC(=O)c1ccc(-c2cnn(CCO)c2)cc1. The van der Waals surface area contributed by atoms with E-state index in [0.29, 0.717) is 12.1 Å². The summed E-state index contributed by atoms with van der Waals surface area (Å²) in [6.45, 7) is 2.55. The van der Waals surface area contributed by atoms with E-state index in [9.17, 15) is 4.79 Å². The third kappa shape index (κ3) is 4.55. The standard InChI is InChI=1S/C19H21N3O2S/c1-14(10-15-6-9-25-13-15)21-19(24)17-4-2-16(3-5-17)18-11-20-22(12-18)7-8-23/h2-6,9,11-14,23H,7-8,10H2,1H3,(H,21,24)/t14-/m1/s1. The number of rotatable bonds is 7. The van der Waals surface area contributed by atoms with E-state index in [2.05, 4.69) is 21.9 Å². The van der Waals surface area contributed by atoms with Crippen molar-refractivity contribution >= 4 is 17.2 Å². The van der Waals surface area contributed by atoms with Gasteiger partial charge in [0.15, 0.2) is 0 Å². The second kappa shape index (κ2) is 8.09. The average molecular weight is 355 g/mol. The largest absolute Gasteiger partial charge is 0.394 e. The van der Waals surface area contributed by atoms with Gasteiger partial charge in [0.25, 0.3) is 5.91 Å². The fourth-order valence-electron chi connectivity index (χ4n) is 2.67. The van der Waals surface area contributed by atoms with Crippen molar-refractivity contribution in [2.75, 3.05) is 6.61 Å². The first kappa shape index (κ1) is 17.4. The van der Waals surface area contributed by atoms with Crippen LogP contribution in [-0.4, -0.2) is 33.4 Å². The average Bonchev–Trinajstić information content (AvgIpc) is 3.27. The minimum absolute atomic E-state index is 0.0593. The molecule has 1 amide bonds. The van der Waals surface area contributed by atoms with E-state index in [4.69, 9.17) is 5.11 Å². The highest BCUT2D eigenvalue weighted by Gasteiger charge is 2.11. The summed E-state index contributed by atoms with van der Waals surface area (Å²) >= 11 is 1.67. The maximum atomic E-state index is 12.4. The van der Waals surface area contributed by atoms with Crippen molar-refractivity contribution in [3.05, 3.63) is 64.6 Å². The summed E-state index contributed by atoms with van der Waals surface area (Å²) in [5.74, 6) is -0.0646. The molecule has 0 saturated carbocycles. The smallest absolute Gasteiger partial charge is 0.251 e. The molecule has 1 atom stereocenters. The highest BCUT2D eigenvalue weighted by atomic mass is 32.1. The molecule has 0 spiro atoms. The van der Waals surface area contributed by atoms with E-state index >= 15 is 0 Å². The lowest BCUT2D eigenvalue weighted by Crippen LogP contribution is -2.33. The van der Waals surface area contributed by atoms with Gasteiger partial charge in [-0.2, -0.15) is 16.4 Å². The normalized spacial score (nSPS) is 12.1. The number of carbonyl (C=O) groups excluding carboxylic acids is 1. The number of thiophene rings is 1. The van der Waals surface area contributed by atoms with Crippen molar-refractivity contribution in [3.8, 4) is 11.1 Å². The molecular formula is C19H21N3O2S. The van der Waals surface area contributed by atoms with Crippen LogP contribution in [0.1, 0.15) is 22.8 Å². The predicted octanol–water partition coefficient (Wildman–Crippen LogP) is 2.96. The maximum Gasteiger partial charge on any atom is 0.251 e. The lowest BCUT2D eigenvalue weighted by molar-refractivity contribution is 0.0940. The molecule has 0 aliphatic rings. The Balaban J connectivity index is 1.61. The highest BCUT2D eigenvalue weighted by molar-refractivity contribution is 7.07. The van der Waals surface area contributed by atoms with Crippen LogP contribution in [0.4, 0.5) is 0 Å². The first-order valence-electron chi connectivity index (χ1n) is 8.21. The van der Waals surface area contributed by atoms with Crippen LogP contribution in [0.2, 0.25) is 0 Å². The summed E-state index contributed by atoms with van der Waals surface area (Å²) in [4.78, 5) is 12.4. The highest BCUT2D eigenvalue weighted by Crippen LogP contribution is 2.19. The molecule has 2 N–H and O–H groups in total. The van der Waals surface area contributed by atoms with Gasteiger partial charge in [0.2, 0.25) is 0 Å². The van der Waals surface area contributed by atoms with Crippen LogP contribution >= 0.6 is 11.3 Å². The predicted molar refractivity (Wildman–Crippen MR) is 99.7 cm³/mol. The summed E-state index contributed by atoms with van der Waals surface area (Å²) in [5, 5.41) is 20.3. The molecule has 3 aromatic rings. The summed E-state index contributed by atoms with van der Waals surface area (Å²) in [6, 6.07) is 9.64. The molecular weight excluding hydrogens is 334 g/mol. The van der Waals surface area contributed by atoms with E-state index < -0.39 is 0 Å². The first-order chi connectivity index (χ1) is 12.2. The van der Waals surface area contributed by atoms with Gasteiger partial charge in [-0.15, -0.1) is 0 Å². The Morgan fingerprint density at radius 2 is 2.08 bits per heavy atom. The van der Waals surface area contributed by atoms with Gasteiger partial charge >= 0.3 is 0 Å². The molecule has 3 rings (SSSR count). The van der Waals surface area contributed by atoms with Gasteiger partial charge in [-0.3, -0.25) is 9.48 Å². The van der Waals surface area contributed by atoms with Crippen LogP contribution in [0, 0.1) is 0 Å². The molecule has 0 aliphatic carbocycles. The monoisotopic (exact) mass is 355 g/mol. The molecule has 1 aromatic carbocycles. The topological polar surface area (TPSA) is 67.2 Å². The zero-order valence-corrected chi connectivity index (χ0v) is 14.9. The molecule has 0 bridgehead atoms. The second-order valence-corrected chi connectivity index (χ2v) is 6.78. The molecule has 6 heteroatoms. The molecule has 5 nitrogen and oxygen atoms in total. The van der Waals surface area contributed by atoms with Gasteiger partial charge in [-0.1, -0.05) is 12.1 Å². The number of carbonyl (C=O) groups is 1. The summed E-state index contributed by atoms with van der Waals surface area (Å²) < 4.78 is 1.70. The number of aliphatic hydroxyl groups is 1. The quantitative estimate of drug-likeness (QED) is 0.685. The number of benzene rings is 1. The fraction of sp³-hybridized carbons (Fsp3) is 0.263. The third-order valence-corrected chi connectivity index (χ3v) is 4.67. The lowest BCUT2D eigenvalue weighted by Gasteiger charge is -2.13. The van der Waals surface area contributed by atoms with Gasteiger partial charge in [-0.25, -0.2) is 0 Å². The molecule has 2 heterocycles. The Kier molecular flexibility index (Phi) is 5.63. The van der Waals surface area contributed by atoms with Gasteiger partial charge < -0.3 is 10.4 Å². The molecule has 25 heavy (non-hydrogen) atoms. The van der Waals surface area contributed by atoms with Crippen LogP contribution in [-0.2, 0) is 13.0 Å². The number of hydrogen-bond acceptors (Lipinski definition) is 4. The number of aromatic nitrogens is 2. The molecule has 0 fully saturated rings. The van der Waals surface area contributed by atoms with E-state index in [1.807, 2.05) is 42.8 Å². The Bertz CT molecular complexity index is 810. The van der Waals surface area contributed by atoms with Crippen molar-refractivity contribution in [1.82, 2.24) is 15.1 Å². The molecule has 0 aliphatic heterocycles. The van der Waals surface area contributed by atoms with Crippen LogP contribution in [0.25, 0.3) is 11.1 Å². The number of amides is 1. The van der Waals surface area contributed by atoms with Crippen LogP contribution in [0.5, 0.6) is 0 Å². The van der Waals surface area contributed by atoms with Gasteiger partial charge in [0.1, 0.15) is 0 Å². The second-order valence-electron chi connectivity index (χ2n) is 6.00. The summed E-state index contributed by atoms with van der Waals surface area (Å²) in [6.07, 6.45) is 4.47. The minimum atomic E-state index is -0.0646. The van der Waals surface area contributed by atoms with Crippen molar-refractivity contribution < 1.29 is 9.90 Å². The zero-order chi connectivity index (χ0) is 17.6. The molecule has 0 saturated heterocycles. The van der Waals surface area contributed by atoms with Crippen molar-refractivity contribution in [1.29, 1.82) is 0 Å². The number of nitrogens with zero attached hydrogens (tertiary/aromatic N) is 2. The number of hydrogen-bond donors (Lipinski definition) is 2. The first-order valence-corrected chi connectivity index (χ1v) is 9.15. The Labute approximate surface area is 150 Å². The number of nitrogens with one attached hydrogen (secondary N) is 1. The maximum absolute atomic E-state index is 12.4. The third-order valence-electron chi connectivity index (χ3n) is 3.94. The number of aliphatic hydroxyl groups excluding tert-OH is 1. The Morgan fingerprint density at radius 1 is 1.28 bits per heavy atom. The zero-order valence-electron chi connectivity index (χ0n) is 14.1. The lowest BCUT2D eigenvalue weighted by atomic mass is 10.1. The van der Waals surface area contributed by atoms with Crippen molar-refractivity contribution in [2.24, 2.45) is 0 Å². The fourth-order valence-corrected chi connectivity index (χ4v) is 3.35. The Hall–Kier alpha value is -2.44. The van der Waals surface area contributed by atoms with Crippen molar-refractivity contribution in [3.63, 3.8) is 0 Å². The summed E-state index contributed by atoms with van der Waals surface area (Å²) in [5.41, 5.74) is 3.84. The Morgan fingerprint density at radius 3 is 2.76 bits per heavy atom. The van der Waals surface area contributed by atoms with Gasteiger partial charge in [-0.05, 0) is 53.4 Å². The molecule has 0 radical (unpaired) electrons. The van der Waals surface area contributed by atoms with Crippen LogP contribution in [0.15, 0.2) is 53.5 Å². The van der Waals surface area contributed by atoms with Crippen LogP contribution < -0.4 is 5.32 Å². The van der Waals surface area contributed by atoms with E-state index in [1.54, 1.807) is 22.2 Å². The molecule has 2 aromatic heterocycles. The van der Waals surface area contributed by atoms with Crippen LogP contribution in [0.3, 0.4) is 0 Å². The molecule has 130 valence electrons. The minimum Gasteiger partial charge on any atom is -0.394 e. The van der Waals surface area contributed by atoms with Gasteiger partial charge in [0, 0.05) is 23.4 Å². The van der Waals surface area contributed by atoms with E-state index in [-0.39, 0.29) is 18.6 Å². The van der Waals surface area contributed by atoms with E-state index in [1.165, 1.54) is 5.56 Å². The summed E-state index contributed by atoms with van der Waals surface area (Å²) in [7, 11) is 0. The van der Waals surface area contributed by atoms with E-state index in [0.717, 1.165) is 17.5 Å². The molecule has 0 unspecified atom stereocenters.